The number of hydrogen-bond acceptors (Lipinski definition) is 4. The van der Waals surface area contributed by atoms with Crippen LogP contribution in [0.4, 0.5) is 0 Å². The molecule has 1 aromatic carbocycles. The third-order valence-electron chi connectivity index (χ3n) is 5.62. The zero-order valence-electron chi connectivity index (χ0n) is 13.9. The number of benzene rings is 1. The smallest absolute Gasteiger partial charge is 0.241 e. The molecule has 132 valence electrons. The van der Waals surface area contributed by atoms with Crippen molar-refractivity contribution in [3.63, 3.8) is 0 Å². The van der Waals surface area contributed by atoms with Gasteiger partial charge in [-0.25, -0.2) is 5.43 Å². The first kappa shape index (κ1) is 17.7. The van der Waals surface area contributed by atoms with Crippen LogP contribution < -0.4 is 16.2 Å². The van der Waals surface area contributed by atoms with Crippen molar-refractivity contribution in [2.75, 3.05) is 19.6 Å². The Balaban J connectivity index is 0.00000169. The van der Waals surface area contributed by atoms with E-state index in [1.54, 1.807) is 0 Å². The van der Waals surface area contributed by atoms with Gasteiger partial charge < -0.3 is 10.2 Å². The van der Waals surface area contributed by atoms with Crippen LogP contribution in [0.15, 0.2) is 30.3 Å². The summed E-state index contributed by atoms with van der Waals surface area (Å²) >= 11 is 0. The molecule has 0 saturated carbocycles. The Bertz CT molecular complexity index is 555. The molecule has 0 aromatic heterocycles. The van der Waals surface area contributed by atoms with Gasteiger partial charge in [-0.2, -0.15) is 0 Å². The van der Waals surface area contributed by atoms with E-state index in [2.05, 4.69) is 45.3 Å². The summed E-state index contributed by atoms with van der Waals surface area (Å²) in [5, 5.41) is 3.43. The van der Waals surface area contributed by atoms with Crippen LogP contribution in [-0.4, -0.2) is 48.6 Å². The molecule has 3 aliphatic heterocycles. The third-order valence-corrected chi connectivity index (χ3v) is 5.62. The van der Waals surface area contributed by atoms with E-state index >= 15 is 0 Å². The van der Waals surface area contributed by atoms with E-state index in [0.717, 1.165) is 45.3 Å². The van der Waals surface area contributed by atoms with Crippen LogP contribution >= 0.6 is 12.4 Å². The molecule has 3 fully saturated rings. The summed E-state index contributed by atoms with van der Waals surface area (Å²) in [5.74, 6) is 0.654. The standard InChI is InChI=1S/C18H26N4O.ClH/c23-18(17-15-12-19-9-8-16(15)20-21-17)22-10-4-7-14(22)11-13-5-2-1-3-6-13;/h1-3,5-6,14-17,19-21H,4,7-12H2;1H. The maximum Gasteiger partial charge on any atom is 0.241 e. The van der Waals surface area contributed by atoms with Gasteiger partial charge >= 0.3 is 0 Å². The summed E-state index contributed by atoms with van der Waals surface area (Å²) in [7, 11) is 0. The van der Waals surface area contributed by atoms with Crippen LogP contribution in [0.25, 0.3) is 0 Å². The Morgan fingerprint density at radius 3 is 2.83 bits per heavy atom. The molecule has 3 aliphatic rings. The molecule has 0 spiro atoms. The minimum Gasteiger partial charge on any atom is -0.338 e. The second kappa shape index (κ2) is 7.83. The number of hydrazine groups is 1. The quantitative estimate of drug-likeness (QED) is 0.764. The van der Waals surface area contributed by atoms with Crippen molar-refractivity contribution in [3.05, 3.63) is 35.9 Å². The van der Waals surface area contributed by atoms with Crippen molar-refractivity contribution in [3.8, 4) is 0 Å². The van der Waals surface area contributed by atoms with Crippen LogP contribution in [-0.2, 0) is 11.2 Å². The van der Waals surface area contributed by atoms with E-state index in [-0.39, 0.29) is 24.4 Å². The van der Waals surface area contributed by atoms with Crippen molar-refractivity contribution in [1.29, 1.82) is 0 Å². The number of carbonyl (C=O) groups is 1. The van der Waals surface area contributed by atoms with Gasteiger partial charge in [-0.1, -0.05) is 30.3 Å². The fourth-order valence-corrected chi connectivity index (χ4v) is 4.36. The topological polar surface area (TPSA) is 56.4 Å². The van der Waals surface area contributed by atoms with E-state index in [1.807, 2.05) is 6.07 Å². The lowest BCUT2D eigenvalue weighted by Gasteiger charge is -2.32. The predicted molar refractivity (Wildman–Crippen MR) is 97.0 cm³/mol. The maximum absolute atomic E-state index is 13.1. The molecule has 1 aromatic rings. The fraction of sp³-hybridized carbons (Fsp3) is 0.611. The second-order valence-corrected chi connectivity index (χ2v) is 7.05. The molecule has 0 bridgehead atoms. The molecular weight excluding hydrogens is 324 g/mol. The highest BCUT2D eigenvalue weighted by Gasteiger charge is 2.44. The molecule has 5 nitrogen and oxygen atoms in total. The number of hydrogen-bond donors (Lipinski definition) is 3. The molecule has 3 N–H and O–H groups in total. The van der Waals surface area contributed by atoms with E-state index in [9.17, 15) is 4.79 Å². The summed E-state index contributed by atoms with van der Waals surface area (Å²) < 4.78 is 0. The van der Waals surface area contributed by atoms with Crippen LogP contribution in [0.2, 0.25) is 0 Å². The van der Waals surface area contributed by atoms with Gasteiger partial charge in [-0.05, 0) is 37.8 Å². The van der Waals surface area contributed by atoms with E-state index < -0.39 is 0 Å². The summed E-state index contributed by atoms with van der Waals surface area (Å²) in [6.45, 7) is 2.87. The van der Waals surface area contributed by atoms with E-state index in [0.29, 0.717) is 18.0 Å². The van der Waals surface area contributed by atoms with E-state index in [1.165, 1.54) is 5.56 Å². The lowest BCUT2D eigenvalue weighted by atomic mass is 9.88. The van der Waals surface area contributed by atoms with Gasteiger partial charge in [-0.3, -0.25) is 10.2 Å². The van der Waals surface area contributed by atoms with Gasteiger partial charge in [0.05, 0.1) is 0 Å². The lowest BCUT2D eigenvalue weighted by Crippen LogP contribution is -2.52. The summed E-state index contributed by atoms with van der Waals surface area (Å²) in [6, 6.07) is 11.2. The highest BCUT2D eigenvalue weighted by molar-refractivity contribution is 5.85. The molecule has 0 radical (unpaired) electrons. The Hall–Kier alpha value is -1.14. The summed E-state index contributed by atoms with van der Waals surface area (Å²) in [6.07, 6.45) is 4.30. The van der Waals surface area contributed by atoms with Gasteiger partial charge in [-0.15, -0.1) is 12.4 Å². The van der Waals surface area contributed by atoms with Crippen LogP contribution in [0, 0.1) is 5.92 Å². The first-order chi connectivity index (χ1) is 11.3. The number of likely N-dealkylation sites (tertiary alicyclic amines) is 1. The van der Waals surface area contributed by atoms with Gasteiger partial charge in [0.15, 0.2) is 0 Å². The number of halogens is 1. The second-order valence-electron chi connectivity index (χ2n) is 7.05. The molecule has 4 unspecified atom stereocenters. The SMILES string of the molecule is Cl.O=C(C1NNC2CCNCC21)N1CCCC1Cc1ccccc1. The Morgan fingerprint density at radius 2 is 2.00 bits per heavy atom. The van der Waals surface area contributed by atoms with Gasteiger partial charge in [0.2, 0.25) is 5.91 Å². The first-order valence-corrected chi connectivity index (χ1v) is 8.89. The average Bonchev–Trinajstić information content (AvgIpc) is 3.22. The zero-order chi connectivity index (χ0) is 15.6. The number of fused-ring (bicyclic) bond motifs is 1. The molecule has 4 rings (SSSR count). The first-order valence-electron chi connectivity index (χ1n) is 8.89. The Kier molecular flexibility index (Phi) is 5.76. The number of amides is 1. The van der Waals surface area contributed by atoms with Gasteiger partial charge in [0.25, 0.3) is 0 Å². The van der Waals surface area contributed by atoms with E-state index in [4.69, 9.17) is 0 Å². The largest absolute Gasteiger partial charge is 0.338 e. The number of piperidine rings is 1. The van der Waals surface area contributed by atoms with Crippen molar-refractivity contribution < 1.29 is 4.79 Å². The third kappa shape index (κ3) is 3.45. The Labute approximate surface area is 149 Å². The maximum atomic E-state index is 13.1. The van der Waals surface area contributed by atoms with Crippen molar-refractivity contribution in [2.45, 2.75) is 43.8 Å². The van der Waals surface area contributed by atoms with Crippen molar-refractivity contribution >= 4 is 18.3 Å². The normalized spacial score (nSPS) is 32.2. The monoisotopic (exact) mass is 350 g/mol. The molecular formula is C18H27ClN4O. The fourth-order valence-electron chi connectivity index (χ4n) is 4.36. The minimum absolute atomic E-state index is 0. The van der Waals surface area contributed by atoms with Gasteiger partial charge in [0.1, 0.15) is 6.04 Å². The number of rotatable bonds is 3. The molecule has 24 heavy (non-hydrogen) atoms. The van der Waals surface area contributed by atoms with Crippen LogP contribution in [0.1, 0.15) is 24.8 Å². The molecule has 1 amide bonds. The van der Waals surface area contributed by atoms with Crippen molar-refractivity contribution in [2.24, 2.45) is 5.92 Å². The zero-order valence-corrected chi connectivity index (χ0v) is 14.7. The number of nitrogens with one attached hydrogen (secondary N) is 3. The number of carbonyl (C=O) groups excluding carboxylic acids is 1. The molecule has 4 atom stereocenters. The van der Waals surface area contributed by atoms with Gasteiger partial charge in [0, 0.05) is 31.1 Å². The minimum atomic E-state index is -0.0795. The Morgan fingerprint density at radius 1 is 1.17 bits per heavy atom. The summed E-state index contributed by atoms with van der Waals surface area (Å²) in [4.78, 5) is 15.2. The number of nitrogens with zero attached hydrogens (tertiary/aromatic N) is 1. The molecule has 0 aliphatic carbocycles. The predicted octanol–water partition coefficient (Wildman–Crippen LogP) is 1.10. The van der Waals surface area contributed by atoms with Crippen LogP contribution in [0.3, 0.4) is 0 Å². The van der Waals surface area contributed by atoms with Crippen LogP contribution in [0.5, 0.6) is 0 Å². The molecule has 6 heteroatoms. The summed E-state index contributed by atoms with van der Waals surface area (Å²) in [5.41, 5.74) is 7.94. The highest BCUT2D eigenvalue weighted by Crippen LogP contribution is 2.26. The average molecular weight is 351 g/mol. The van der Waals surface area contributed by atoms with Crippen molar-refractivity contribution in [1.82, 2.24) is 21.1 Å². The molecule has 3 saturated heterocycles. The highest BCUT2D eigenvalue weighted by atomic mass is 35.5. The lowest BCUT2D eigenvalue weighted by molar-refractivity contribution is -0.135. The molecule has 3 heterocycles.